The molecular weight excluding hydrogens is 458 g/mol. The predicted octanol–water partition coefficient (Wildman–Crippen LogP) is 5.21. The first-order chi connectivity index (χ1) is 13.7. The van der Waals surface area contributed by atoms with Crippen LogP contribution in [0.25, 0.3) is 9.88 Å². The molecule has 1 amide bonds. The molecule has 3 heterocycles. The molecule has 0 atom stereocenters. The highest BCUT2D eigenvalue weighted by molar-refractivity contribution is 9.10. The number of nitrogens with zero attached hydrogens (tertiary/aromatic N) is 2. The van der Waals surface area contributed by atoms with Crippen LogP contribution in [0.15, 0.2) is 39.6 Å². The van der Waals surface area contributed by atoms with E-state index in [-0.39, 0.29) is 18.4 Å². The SMILES string of the molecule is O=C(Cc1csc(-c2cc(Br)cs2)n1)NCc1cccnc1OC1CCCC1. The Bertz CT molecular complexity index is 950. The molecule has 1 fully saturated rings. The lowest BCUT2D eigenvalue weighted by Gasteiger charge is -2.15. The Labute approximate surface area is 180 Å². The van der Waals surface area contributed by atoms with Gasteiger partial charge in [-0.1, -0.05) is 6.07 Å². The third-order valence-corrected chi connectivity index (χ3v) is 7.33. The average Bonchev–Trinajstić information content (AvgIpc) is 3.43. The summed E-state index contributed by atoms with van der Waals surface area (Å²) in [6.07, 6.45) is 6.82. The van der Waals surface area contributed by atoms with E-state index in [0.29, 0.717) is 12.4 Å². The van der Waals surface area contributed by atoms with E-state index >= 15 is 0 Å². The molecule has 1 aliphatic carbocycles. The van der Waals surface area contributed by atoms with Crippen molar-refractivity contribution in [2.75, 3.05) is 0 Å². The van der Waals surface area contributed by atoms with Crippen LogP contribution in [0.2, 0.25) is 0 Å². The van der Waals surface area contributed by atoms with Gasteiger partial charge in [0, 0.05) is 33.5 Å². The van der Waals surface area contributed by atoms with Gasteiger partial charge in [0.1, 0.15) is 11.1 Å². The summed E-state index contributed by atoms with van der Waals surface area (Å²) in [5.41, 5.74) is 1.70. The van der Waals surface area contributed by atoms with Gasteiger partial charge in [0.15, 0.2) is 0 Å². The van der Waals surface area contributed by atoms with Crippen molar-refractivity contribution in [2.45, 2.75) is 44.8 Å². The molecule has 146 valence electrons. The monoisotopic (exact) mass is 477 g/mol. The van der Waals surface area contributed by atoms with Gasteiger partial charge in [0.05, 0.1) is 17.0 Å². The highest BCUT2D eigenvalue weighted by atomic mass is 79.9. The molecule has 1 N–H and O–H groups in total. The summed E-state index contributed by atoms with van der Waals surface area (Å²) < 4.78 is 7.09. The van der Waals surface area contributed by atoms with E-state index < -0.39 is 0 Å². The molecule has 0 saturated heterocycles. The van der Waals surface area contributed by atoms with E-state index in [1.165, 1.54) is 12.8 Å². The molecule has 3 aromatic heterocycles. The highest BCUT2D eigenvalue weighted by Crippen LogP contribution is 2.32. The average molecular weight is 478 g/mol. The number of carbonyl (C=O) groups excluding carboxylic acids is 1. The normalized spacial score (nSPS) is 14.3. The third kappa shape index (κ3) is 4.98. The number of hydrogen-bond acceptors (Lipinski definition) is 6. The number of ether oxygens (including phenoxy) is 1. The summed E-state index contributed by atoms with van der Waals surface area (Å²) in [7, 11) is 0. The van der Waals surface area contributed by atoms with Crippen molar-refractivity contribution in [1.82, 2.24) is 15.3 Å². The smallest absolute Gasteiger partial charge is 0.226 e. The standard InChI is InChI=1S/C20H20BrN3O2S2/c21-14-8-17(27-11-14)20-24-15(12-28-20)9-18(25)23-10-13-4-3-7-22-19(13)26-16-5-1-2-6-16/h3-4,7-8,11-12,16H,1-2,5-6,9-10H2,(H,23,25). The minimum absolute atomic E-state index is 0.0557. The zero-order chi connectivity index (χ0) is 19.3. The fourth-order valence-electron chi connectivity index (χ4n) is 3.18. The van der Waals surface area contributed by atoms with Crippen LogP contribution in [0, 0.1) is 0 Å². The Morgan fingerprint density at radius 3 is 2.93 bits per heavy atom. The van der Waals surface area contributed by atoms with Crippen LogP contribution in [0.1, 0.15) is 36.9 Å². The molecule has 28 heavy (non-hydrogen) atoms. The third-order valence-electron chi connectivity index (χ3n) is 4.58. The zero-order valence-electron chi connectivity index (χ0n) is 15.2. The van der Waals surface area contributed by atoms with Crippen LogP contribution in [-0.2, 0) is 17.8 Å². The second-order valence-corrected chi connectivity index (χ2v) is 9.40. The van der Waals surface area contributed by atoms with Crippen molar-refractivity contribution in [1.29, 1.82) is 0 Å². The first kappa shape index (κ1) is 19.5. The number of aromatic nitrogens is 2. The molecule has 0 unspecified atom stereocenters. The highest BCUT2D eigenvalue weighted by Gasteiger charge is 2.19. The van der Waals surface area contributed by atoms with Crippen LogP contribution in [-0.4, -0.2) is 22.0 Å². The Morgan fingerprint density at radius 2 is 2.14 bits per heavy atom. The molecule has 4 rings (SSSR count). The number of nitrogens with one attached hydrogen (secondary N) is 1. The van der Waals surface area contributed by atoms with E-state index in [9.17, 15) is 4.79 Å². The van der Waals surface area contributed by atoms with Gasteiger partial charge in [-0.05, 0) is 53.7 Å². The fourth-order valence-corrected chi connectivity index (χ4v) is 5.50. The van der Waals surface area contributed by atoms with Crippen LogP contribution < -0.4 is 10.1 Å². The summed E-state index contributed by atoms with van der Waals surface area (Å²) in [6, 6.07) is 5.86. The quantitative estimate of drug-likeness (QED) is 0.507. The van der Waals surface area contributed by atoms with Crippen molar-refractivity contribution in [3.8, 4) is 15.8 Å². The Morgan fingerprint density at radius 1 is 1.29 bits per heavy atom. The van der Waals surface area contributed by atoms with Gasteiger partial charge in [0.25, 0.3) is 0 Å². The Hall–Kier alpha value is -1.77. The molecule has 0 aliphatic heterocycles. The Kier molecular flexibility index (Phi) is 6.39. The number of carbonyl (C=O) groups is 1. The van der Waals surface area contributed by atoms with Crippen LogP contribution >= 0.6 is 38.6 Å². The zero-order valence-corrected chi connectivity index (χ0v) is 18.4. The molecule has 0 radical (unpaired) electrons. The van der Waals surface area contributed by atoms with Crippen molar-refractivity contribution < 1.29 is 9.53 Å². The summed E-state index contributed by atoms with van der Waals surface area (Å²) in [5, 5.41) is 7.88. The molecule has 5 nitrogen and oxygen atoms in total. The molecule has 1 aliphatic rings. The molecule has 8 heteroatoms. The number of amides is 1. The topological polar surface area (TPSA) is 64.1 Å². The lowest BCUT2D eigenvalue weighted by atomic mass is 10.2. The van der Waals surface area contributed by atoms with E-state index in [1.807, 2.05) is 29.0 Å². The van der Waals surface area contributed by atoms with E-state index in [4.69, 9.17) is 4.74 Å². The predicted molar refractivity (Wildman–Crippen MR) is 116 cm³/mol. The maximum absolute atomic E-state index is 12.4. The summed E-state index contributed by atoms with van der Waals surface area (Å²) in [5.74, 6) is 0.578. The number of rotatable bonds is 7. The van der Waals surface area contributed by atoms with E-state index in [1.54, 1.807) is 28.9 Å². The van der Waals surface area contributed by atoms with Gasteiger partial charge < -0.3 is 10.1 Å². The van der Waals surface area contributed by atoms with Gasteiger partial charge in [0.2, 0.25) is 11.8 Å². The number of halogens is 1. The second kappa shape index (κ2) is 9.15. The van der Waals surface area contributed by atoms with Gasteiger partial charge in [-0.2, -0.15) is 0 Å². The van der Waals surface area contributed by atoms with Crippen molar-refractivity contribution in [3.63, 3.8) is 0 Å². The molecule has 3 aromatic rings. The molecule has 1 saturated carbocycles. The Balaban J connectivity index is 1.33. The van der Waals surface area contributed by atoms with Crippen LogP contribution in [0.4, 0.5) is 0 Å². The van der Waals surface area contributed by atoms with Gasteiger partial charge >= 0.3 is 0 Å². The summed E-state index contributed by atoms with van der Waals surface area (Å²) in [6.45, 7) is 0.406. The van der Waals surface area contributed by atoms with E-state index in [0.717, 1.165) is 38.5 Å². The number of pyridine rings is 1. The first-order valence-electron chi connectivity index (χ1n) is 9.23. The van der Waals surface area contributed by atoms with Crippen molar-refractivity contribution in [3.05, 3.63) is 50.9 Å². The summed E-state index contributed by atoms with van der Waals surface area (Å²) in [4.78, 5) is 22.4. The van der Waals surface area contributed by atoms with Crippen molar-refractivity contribution in [2.24, 2.45) is 0 Å². The molecular formula is C20H20BrN3O2S2. The van der Waals surface area contributed by atoms with Crippen LogP contribution in [0.3, 0.4) is 0 Å². The molecule has 0 bridgehead atoms. The number of thiazole rings is 1. The summed E-state index contributed by atoms with van der Waals surface area (Å²) >= 11 is 6.66. The number of thiophene rings is 1. The largest absolute Gasteiger partial charge is 0.474 e. The van der Waals surface area contributed by atoms with Gasteiger partial charge in [-0.15, -0.1) is 22.7 Å². The van der Waals surface area contributed by atoms with Crippen LogP contribution in [0.5, 0.6) is 5.88 Å². The minimum atomic E-state index is -0.0557. The number of hydrogen-bond donors (Lipinski definition) is 1. The van der Waals surface area contributed by atoms with Gasteiger partial charge in [-0.3, -0.25) is 4.79 Å². The fraction of sp³-hybridized carbons (Fsp3) is 0.350. The lowest BCUT2D eigenvalue weighted by molar-refractivity contribution is -0.120. The first-order valence-corrected chi connectivity index (χ1v) is 11.8. The molecule has 0 aromatic carbocycles. The van der Waals surface area contributed by atoms with Gasteiger partial charge in [-0.25, -0.2) is 9.97 Å². The minimum Gasteiger partial charge on any atom is -0.474 e. The van der Waals surface area contributed by atoms with E-state index in [2.05, 4.69) is 31.2 Å². The molecule has 0 spiro atoms. The second-order valence-electron chi connectivity index (χ2n) is 6.72. The maximum atomic E-state index is 12.4. The maximum Gasteiger partial charge on any atom is 0.226 e. The lowest BCUT2D eigenvalue weighted by Crippen LogP contribution is -2.25. The van der Waals surface area contributed by atoms with Crippen molar-refractivity contribution >= 4 is 44.5 Å².